The minimum atomic E-state index is -1.58. The number of carbonyl (C=O) groups is 2. The molecular weight excluding hydrogens is 458 g/mol. The van der Waals surface area contributed by atoms with Crippen molar-refractivity contribution in [3.05, 3.63) is 0 Å². The van der Waals surface area contributed by atoms with Crippen LogP contribution in [0.15, 0.2) is 0 Å². The van der Waals surface area contributed by atoms with Crippen molar-refractivity contribution in [2.75, 3.05) is 40.0 Å². The highest BCUT2D eigenvalue weighted by Gasteiger charge is 2.44. The summed E-state index contributed by atoms with van der Waals surface area (Å²) in [5, 5.41) is 81.0. The van der Waals surface area contributed by atoms with E-state index >= 15 is 0 Å². The summed E-state index contributed by atoms with van der Waals surface area (Å²) in [6.07, 6.45) is -7.39. The lowest BCUT2D eigenvalue weighted by atomic mass is 9.94. The molecule has 0 aromatic rings. The molecule has 2 fully saturated rings. The zero-order valence-corrected chi connectivity index (χ0v) is 19.0. The van der Waals surface area contributed by atoms with E-state index in [1.807, 2.05) is 0 Å². The van der Waals surface area contributed by atoms with Crippen molar-refractivity contribution in [2.24, 2.45) is 0 Å². The van der Waals surface area contributed by atoms with Crippen molar-refractivity contribution >= 4 is 12.0 Å². The van der Waals surface area contributed by atoms with Crippen LogP contribution < -0.4 is 5.32 Å². The maximum Gasteiger partial charge on any atom is 0.328 e. The van der Waals surface area contributed by atoms with Gasteiger partial charge in [-0.1, -0.05) is 0 Å². The molecule has 0 radical (unpaired) electrons. The van der Waals surface area contributed by atoms with Crippen LogP contribution in [-0.4, -0.2) is 157 Å². The molecule has 2 aliphatic rings. The van der Waals surface area contributed by atoms with E-state index in [0.717, 1.165) is 12.0 Å². The number of amides is 2. The van der Waals surface area contributed by atoms with Gasteiger partial charge in [0, 0.05) is 6.54 Å². The maximum absolute atomic E-state index is 12.7. The summed E-state index contributed by atoms with van der Waals surface area (Å²) in [6, 6.07) is -3.85. The molecule has 2 heterocycles. The molecule has 0 bridgehead atoms. The number of nitrogens with one attached hydrogen (secondary N) is 1. The Morgan fingerprint density at radius 2 is 1.44 bits per heavy atom. The highest BCUT2D eigenvalue weighted by molar-refractivity contribution is 5.83. The van der Waals surface area contributed by atoms with Crippen LogP contribution in [0.4, 0.5) is 4.79 Å². The second-order valence-electron chi connectivity index (χ2n) is 8.77. The van der Waals surface area contributed by atoms with Crippen molar-refractivity contribution < 1.29 is 55.2 Å². The minimum Gasteiger partial charge on any atom is -0.467 e. The van der Waals surface area contributed by atoms with Crippen molar-refractivity contribution in [2.45, 2.75) is 74.0 Å². The standard InChI is InChI=1S/C20H37N3O11/c1-34-19(32)10(21-20(33)23-7-14(27)18(31)16(29)12(23)9-25)4-2-3-5-22-6-13(26)17(30)15(28)11(22)8-24/h10-18,24-31H,2-9H2,1H3,(H,21,33)/t10-,11+,12+,13?,14?,15?,16?,17+,18+/m0/s1. The predicted octanol–water partition coefficient (Wildman–Crippen LogP) is -5.07. The Balaban J connectivity index is 1.94. The average molecular weight is 496 g/mol. The average Bonchev–Trinajstić information content (AvgIpc) is 2.82. The van der Waals surface area contributed by atoms with Gasteiger partial charge >= 0.3 is 12.0 Å². The fraction of sp³-hybridized carbons (Fsp3) is 0.900. The molecule has 14 nitrogen and oxygen atoms in total. The zero-order chi connectivity index (χ0) is 25.6. The summed E-state index contributed by atoms with van der Waals surface area (Å²) in [5.41, 5.74) is 0. The van der Waals surface area contributed by atoms with Gasteiger partial charge in [0.05, 0.1) is 45.1 Å². The molecule has 2 aliphatic heterocycles. The fourth-order valence-corrected chi connectivity index (χ4v) is 4.45. The predicted molar refractivity (Wildman–Crippen MR) is 114 cm³/mol. The quantitative estimate of drug-likeness (QED) is 0.108. The Bertz CT molecular complexity index is 672. The van der Waals surface area contributed by atoms with Gasteiger partial charge < -0.3 is 55.8 Å². The largest absolute Gasteiger partial charge is 0.467 e. The first-order chi connectivity index (χ1) is 16.1. The summed E-state index contributed by atoms with van der Waals surface area (Å²) in [7, 11) is 1.15. The topological polar surface area (TPSA) is 224 Å². The van der Waals surface area contributed by atoms with E-state index in [4.69, 9.17) is 4.74 Å². The highest BCUT2D eigenvalue weighted by atomic mass is 16.5. The van der Waals surface area contributed by atoms with E-state index in [1.54, 1.807) is 4.90 Å². The number of aliphatic hydroxyl groups excluding tert-OH is 8. The SMILES string of the molecule is COC(=O)[C@H](CCCCN1CC(O)[C@@H](O)C(O)[C@H]1CO)NC(=O)N1CC(O)[C@@H](O)C(O)[C@H]1CO. The van der Waals surface area contributed by atoms with Gasteiger partial charge in [0.15, 0.2) is 0 Å². The number of unbranched alkanes of at least 4 members (excludes halogenated alkanes) is 1. The molecule has 0 spiro atoms. The van der Waals surface area contributed by atoms with Crippen LogP contribution in [0.3, 0.4) is 0 Å². The Morgan fingerprint density at radius 1 is 0.882 bits per heavy atom. The van der Waals surface area contributed by atoms with Crippen LogP contribution in [0.5, 0.6) is 0 Å². The second kappa shape index (κ2) is 12.9. The van der Waals surface area contributed by atoms with Gasteiger partial charge in [-0.15, -0.1) is 0 Å². The monoisotopic (exact) mass is 495 g/mol. The first kappa shape index (κ1) is 28.6. The van der Waals surface area contributed by atoms with Crippen LogP contribution in [0.25, 0.3) is 0 Å². The molecule has 0 aromatic carbocycles. The van der Waals surface area contributed by atoms with E-state index in [1.165, 1.54) is 0 Å². The number of nitrogens with zero attached hydrogens (tertiary/aromatic N) is 2. The van der Waals surface area contributed by atoms with Gasteiger partial charge in [-0.3, -0.25) is 4.90 Å². The first-order valence-electron chi connectivity index (χ1n) is 11.3. The van der Waals surface area contributed by atoms with Gasteiger partial charge in [0.2, 0.25) is 0 Å². The van der Waals surface area contributed by atoms with Crippen LogP contribution in [0.2, 0.25) is 0 Å². The van der Waals surface area contributed by atoms with Crippen LogP contribution >= 0.6 is 0 Å². The molecule has 34 heavy (non-hydrogen) atoms. The fourth-order valence-electron chi connectivity index (χ4n) is 4.45. The molecule has 0 aliphatic carbocycles. The third kappa shape index (κ3) is 6.53. The summed E-state index contributed by atoms with van der Waals surface area (Å²) in [6.45, 7) is -1.07. The molecule has 4 unspecified atom stereocenters. The maximum atomic E-state index is 12.7. The van der Waals surface area contributed by atoms with Crippen LogP contribution in [-0.2, 0) is 9.53 Å². The number of methoxy groups -OCH3 is 1. The van der Waals surface area contributed by atoms with E-state index in [0.29, 0.717) is 19.4 Å². The van der Waals surface area contributed by atoms with Gasteiger partial charge in [-0.25, -0.2) is 9.59 Å². The molecule has 9 N–H and O–H groups in total. The number of likely N-dealkylation sites (tertiary alicyclic amines) is 2. The van der Waals surface area contributed by atoms with E-state index in [-0.39, 0.29) is 19.5 Å². The van der Waals surface area contributed by atoms with E-state index in [9.17, 15) is 50.4 Å². The minimum absolute atomic E-state index is 0.0502. The van der Waals surface area contributed by atoms with Gasteiger partial charge in [0.1, 0.15) is 36.6 Å². The van der Waals surface area contributed by atoms with Crippen molar-refractivity contribution in [1.82, 2.24) is 15.1 Å². The number of hydrogen-bond acceptors (Lipinski definition) is 12. The van der Waals surface area contributed by atoms with Crippen molar-refractivity contribution in [3.63, 3.8) is 0 Å². The molecule has 2 rings (SSSR count). The normalized spacial score (nSPS) is 35.6. The Kier molecular flexibility index (Phi) is 10.9. The number of β-amino-alcohol motifs (C(OH)–C–C–N with tert-alkyl or cyclic N) is 2. The number of ether oxygens (including phenoxy) is 1. The summed E-state index contributed by atoms with van der Waals surface area (Å²) in [5.74, 6) is -0.729. The number of rotatable bonds is 9. The van der Waals surface area contributed by atoms with Crippen LogP contribution in [0, 0.1) is 0 Å². The number of carbonyl (C=O) groups excluding carboxylic acids is 2. The van der Waals surface area contributed by atoms with E-state index < -0.39 is 80.0 Å². The zero-order valence-electron chi connectivity index (χ0n) is 19.0. The van der Waals surface area contributed by atoms with Crippen molar-refractivity contribution in [3.8, 4) is 0 Å². The number of urea groups is 1. The smallest absolute Gasteiger partial charge is 0.328 e. The lowest BCUT2D eigenvalue weighted by Crippen LogP contribution is -2.66. The van der Waals surface area contributed by atoms with Gasteiger partial charge in [-0.2, -0.15) is 0 Å². The lowest BCUT2D eigenvalue weighted by Gasteiger charge is -2.43. The molecule has 14 heteroatoms. The highest BCUT2D eigenvalue weighted by Crippen LogP contribution is 2.21. The Hall–Kier alpha value is -1.62. The Morgan fingerprint density at radius 3 is 2.00 bits per heavy atom. The first-order valence-corrected chi connectivity index (χ1v) is 11.3. The summed E-state index contributed by atoms with van der Waals surface area (Å²) >= 11 is 0. The summed E-state index contributed by atoms with van der Waals surface area (Å²) in [4.78, 5) is 27.5. The molecule has 2 saturated heterocycles. The number of piperidine rings is 2. The molecule has 198 valence electrons. The third-order valence-corrected chi connectivity index (χ3v) is 6.56. The molecule has 2 amide bonds. The van der Waals surface area contributed by atoms with Gasteiger partial charge in [-0.05, 0) is 25.8 Å². The van der Waals surface area contributed by atoms with Gasteiger partial charge in [0.25, 0.3) is 0 Å². The number of hydrogen-bond donors (Lipinski definition) is 9. The Labute approximate surface area is 197 Å². The van der Waals surface area contributed by atoms with Crippen LogP contribution in [0.1, 0.15) is 19.3 Å². The number of aliphatic hydroxyl groups is 8. The van der Waals surface area contributed by atoms with Crippen molar-refractivity contribution in [1.29, 1.82) is 0 Å². The molecule has 0 saturated carbocycles. The lowest BCUT2D eigenvalue weighted by molar-refractivity contribution is -0.145. The number of esters is 1. The molecule has 9 atom stereocenters. The molecular formula is C20H37N3O11. The second-order valence-corrected chi connectivity index (χ2v) is 8.77. The summed E-state index contributed by atoms with van der Waals surface area (Å²) < 4.78 is 4.74. The van der Waals surface area contributed by atoms with E-state index in [2.05, 4.69) is 5.32 Å². The third-order valence-electron chi connectivity index (χ3n) is 6.56. The molecule has 0 aromatic heterocycles.